The van der Waals surface area contributed by atoms with Crippen LogP contribution in [0.3, 0.4) is 0 Å². The van der Waals surface area contributed by atoms with Crippen molar-refractivity contribution in [2.24, 2.45) is 0 Å². The number of hydrogen-bond donors (Lipinski definition) is 2. The molecule has 0 aliphatic carbocycles. The highest BCUT2D eigenvalue weighted by atomic mass is 16.5. The standard InChI is InChI=1S/C15H15N3O2/c1-9-2-5-12(16)15(17-9)20-11-4-6-13-10(8-11)3-7-14(19)18-13/h2,4-6,8H,3,7,16H2,1H3,(H,18,19). The molecule has 0 atom stereocenters. The smallest absolute Gasteiger partial charge is 0.242 e. The number of nitrogens with two attached hydrogens (primary N) is 1. The summed E-state index contributed by atoms with van der Waals surface area (Å²) in [6, 6.07) is 9.17. The van der Waals surface area contributed by atoms with Crippen molar-refractivity contribution in [2.45, 2.75) is 19.8 Å². The van der Waals surface area contributed by atoms with E-state index in [4.69, 9.17) is 10.5 Å². The van der Waals surface area contributed by atoms with E-state index in [2.05, 4.69) is 10.3 Å². The lowest BCUT2D eigenvalue weighted by molar-refractivity contribution is -0.116. The van der Waals surface area contributed by atoms with Gasteiger partial charge in [-0.25, -0.2) is 4.98 Å². The zero-order valence-corrected chi connectivity index (χ0v) is 11.1. The lowest BCUT2D eigenvalue weighted by atomic mass is 10.0. The summed E-state index contributed by atoms with van der Waals surface area (Å²) in [6.07, 6.45) is 1.22. The number of ether oxygens (including phenoxy) is 1. The molecule has 2 aromatic rings. The van der Waals surface area contributed by atoms with Crippen molar-refractivity contribution in [3.8, 4) is 11.6 Å². The Hall–Kier alpha value is -2.56. The highest BCUT2D eigenvalue weighted by Crippen LogP contribution is 2.30. The maximum Gasteiger partial charge on any atom is 0.242 e. The number of anilines is 2. The van der Waals surface area contributed by atoms with Gasteiger partial charge in [0, 0.05) is 17.8 Å². The molecule has 20 heavy (non-hydrogen) atoms. The maximum atomic E-state index is 11.3. The Morgan fingerprint density at radius 2 is 2.10 bits per heavy atom. The van der Waals surface area contributed by atoms with Crippen LogP contribution in [0.2, 0.25) is 0 Å². The van der Waals surface area contributed by atoms with Gasteiger partial charge in [-0.05, 0) is 49.2 Å². The average Bonchev–Trinajstić information content (AvgIpc) is 2.43. The van der Waals surface area contributed by atoms with Gasteiger partial charge in [0.05, 0.1) is 5.69 Å². The van der Waals surface area contributed by atoms with Gasteiger partial charge < -0.3 is 15.8 Å². The van der Waals surface area contributed by atoms with Gasteiger partial charge in [-0.3, -0.25) is 4.79 Å². The molecule has 1 aromatic heterocycles. The molecule has 0 unspecified atom stereocenters. The zero-order valence-electron chi connectivity index (χ0n) is 11.1. The third kappa shape index (κ3) is 2.42. The van der Waals surface area contributed by atoms with Crippen LogP contribution in [-0.4, -0.2) is 10.9 Å². The summed E-state index contributed by atoms with van der Waals surface area (Å²) >= 11 is 0. The number of benzene rings is 1. The van der Waals surface area contributed by atoms with E-state index in [-0.39, 0.29) is 5.91 Å². The minimum atomic E-state index is 0.0516. The molecule has 102 valence electrons. The zero-order chi connectivity index (χ0) is 14.1. The van der Waals surface area contributed by atoms with E-state index < -0.39 is 0 Å². The van der Waals surface area contributed by atoms with E-state index in [1.165, 1.54) is 0 Å². The maximum absolute atomic E-state index is 11.3. The molecule has 1 aliphatic heterocycles. The van der Waals surface area contributed by atoms with E-state index in [0.717, 1.165) is 23.4 Å². The highest BCUT2D eigenvalue weighted by Gasteiger charge is 2.15. The summed E-state index contributed by atoms with van der Waals surface area (Å²) in [5.74, 6) is 1.13. The minimum absolute atomic E-state index is 0.0516. The number of nitrogens with zero attached hydrogens (tertiary/aromatic N) is 1. The Kier molecular flexibility index (Phi) is 3.02. The normalized spacial score (nSPS) is 13.6. The minimum Gasteiger partial charge on any atom is -0.437 e. The van der Waals surface area contributed by atoms with Gasteiger partial charge in [0.25, 0.3) is 0 Å². The first kappa shape index (κ1) is 12.5. The summed E-state index contributed by atoms with van der Waals surface area (Å²) in [7, 11) is 0. The number of pyridine rings is 1. The molecule has 3 N–H and O–H groups in total. The van der Waals surface area contributed by atoms with Crippen molar-refractivity contribution in [3.05, 3.63) is 41.6 Å². The van der Waals surface area contributed by atoms with Crippen LogP contribution < -0.4 is 15.8 Å². The number of nitrogens with one attached hydrogen (secondary N) is 1. The molecule has 0 saturated carbocycles. The molecular formula is C15H15N3O2. The first-order valence-corrected chi connectivity index (χ1v) is 6.45. The predicted octanol–water partition coefficient (Wildman–Crippen LogP) is 2.65. The number of carbonyl (C=O) groups is 1. The second kappa shape index (κ2) is 4.85. The number of nitrogen functional groups attached to an aromatic ring is 1. The van der Waals surface area contributed by atoms with Crippen LogP contribution in [0.15, 0.2) is 30.3 Å². The van der Waals surface area contributed by atoms with E-state index >= 15 is 0 Å². The fraction of sp³-hybridized carbons (Fsp3) is 0.200. The molecule has 0 spiro atoms. The van der Waals surface area contributed by atoms with E-state index in [0.29, 0.717) is 23.7 Å². The van der Waals surface area contributed by atoms with Crippen molar-refractivity contribution in [1.82, 2.24) is 4.98 Å². The third-order valence-corrected chi connectivity index (χ3v) is 3.22. The SMILES string of the molecule is Cc1ccc(N)c(Oc2ccc3c(c2)CCC(=O)N3)n1. The molecule has 0 fully saturated rings. The van der Waals surface area contributed by atoms with Gasteiger partial charge in [0.2, 0.25) is 11.8 Å². The molecule has 3 rings (SSSR count). The molecular weight excluding hydrogens is 254 g/mol. The van der Waals surface area contributed by atoms with Crippen molar-refractivity contribution < 1.29 is 9.53 Å². The van der Waals surface area contributed by atoms with Crippen LogP contribution in [0.1, 0.15) is 17.7 Å². The van der Waals surface area contributed by atoms with Crippen molar-refractivity contribution >= 4 is 17.3 Å². The highest BCUT2D eigenvalue weighted by molar-refractivity contribution is 5.94. The Labute approximate surface area is 116 Å². The lowest BCUT2D eigenvalue weighted by Crippen LogP contribution is -2.18. The van der Waals surface area contributed by atoms with Crippen molar-refractivity contribution in [2.75, 3.05) is 11.1 Å². The predicted molar refractivity (Wildman–Crippen MR) is 76.9 cm³/mol. The quantitative estimate of drug-likeness (QED) is 0.878. The monoisotopic (exact) mass is 269 g/mol. The van der Waals surface area contributed by atoms with Gasteiger partial charge in [-0.1, -0.05) is 0 Å². The number of aryl methyl sites for hydroxylation is 2. The fourth-order valence-corrected chi connectivity index (χ4v) is 2.16. The number of fused-ring (bicyclic) bond motifs is 1. The fourth-order valence-electron chi connectivity index (χ4n) is 2.16. The van der Waals surface area contributed by atoms with Gasteiger partial charge in [0.15, 0.2) is 0 Å². The van der Waals surface area contributed by atoms with Crippen LogP contribution in [0.4, 0.5) is 11.4 Å². The van der Waals surface area contributed by atoms with Crippen LogP contribution in [0.5, 0.6) is 11.6 Å². The second-order valence-corrected chi connectivity index (χ2v) is 4.82. The first-order valence-electron chi connectivity index (χ1n) is 6.45. The Morgan fingerprint density at radius 1 is 1.25 bits per heavy atom. The molecule has 5 nitrogen and oxygen atoms in total. The summed E-state index contributed by atoms with van der Waals surface area (Å²) in [5.41, 5.74) is 9.11. The van der Waals surface area contributed by atoms with Crippen LogP contribution >= 0.6 is 0 Å². The summed E-state index contributed by atoms with van der Waals surface area (Å²) in [4.78, 5) is 15.6. The Balaban J connectivity index is 1.88. The molecule has 1 aliphatic rings. The lowest BCUT2D eigenvalue weighted by Gasteiger charge is -2.17. The van der Waals surface area contributed by atoms with Crippen LogP contribution in [-0.2, 0) is 11.2 Å². The second-order valence-electron chi connectivity index (χ2n) is 4.82. The Morgan fingerprint density at radius 3 is 2.95 bits per heavy atom. The van der Waals surface area contributed by atoms with Crippen LogP contribution in [0, 0.1) is 6.92 Å². The molecule has 0 radical (unpaired) electrons. The van der Waals surface area contributed by atoms with Crippen LogP contribution in [0.25, 0.3) is 0 Å². The Bertz CT molecular complexity index is 683. The number of aromatic nitrogens is 1. The molecule has 0 saturated heterocycles. The van der Waals surface area contributed by atoms with E-state index in [1.54, 1.807) is 12.1 Å². The topological polar surface area (TPSA) is 77.2 Å². The molecule has 1 aromatic carbocycles. The average molecular weight is 269 g/mol. The number of hydrogen-bond acceptors (Lipinski definition) is 4. The van der Waals surface area contributed by atoms with Gasteiger partial charge in [-0.2, -0.15) is 0 Å². The van der Waals surface area contributed by atoms with E-state index in [9.17, 15) is 4.79 Å². The molecule has 0 bridgehead atoms. The summed E-state index contributed by atoms with van der Waals surface area (Å²) in [5, 5.41) is 2.84. The summed E-state index contributed by atoms with van der Waals surface area (Å²) < 4.78 is 5.73. The molecule has 1 amide bonds. The summed E-state index contributed by atoms with van der Waals surface area (Å²) in [6.45, 7) is 1.88. The van der Waals surface area contributed by atoms with Gasteiger partial charge in [0.1, 0.15) is 5.75 Å². The number of rotatable bonds is 2. The number of amides is 1. The van der Waals surface area contributed by atoms with Gasteiger partial charge >= 0.3 is 0 Å². The van der Waals surface area contributed by atoms with Crippen molar-refractivity contribution in [3.63, 3.8) is 0 Å². The molecule has 2 heterocycles. The van der Waals surface area contributed by atoms with E-state index in [1.807, 2.05) is 25.1 Å². The largest absolute Gasteiger partial charge is 0.437 e. The first-order chi connectivity index (χ1) is 9.61. The van der Waals surface area contributed by atoms with Gasteiger partial charge in [-0.15, -0.1) is 0 Å². The third-order valence-electron chi connectivity index (χ3n) is 3.22. The number of carbonyl (C=O) groups excluding carboxylic acids is 1. The molecule has 5 heteroatoms. The van der Waals surface area contributed by atoms with Crippen molar-refractivity contribution in [1.29, 1.82) is 0 Å².